The Balaban J connectivity index is 2.15. The number of carbonyl (C=O) groups excluding carboxylic acids is 2. The molecule has 1 saturated heterocycles. The molecule has 1 heterocycles. The molecular formula is C17H24N2O5. The quantitative estimate of drug-likeness (QED) is 0.730. The van der Waals surface area contributed by atoms with Crippen molar-refractivity contribution in [1.82, 2.24) is 4.90 Å². The maximum atomic E-state index is 12.7. The van der Waals surface area contributed by atoms with Crippen molar-refractivity contribution in [3.8, 4) is 11.5 Å². The summed E-state index contributed by atoms with van der Waals surface area (Å²) in [7, 11) is 3.14. The van der Waals surface area contributed by atoms with Crippen molar-refractivity contribution in [2.75, 3.05) is 45.4 Å². The molecule has 1 aromatic rings. The average molecular weight is 336 g/mol. The first-order chi connectivity index (χ1) is 11.5. The lowest BCUT2D eigenvalue weighted by Gasteiger charge is -2.38. The zero-order valence-corrected chi connectivity index (χ0v) is 14.6. The Bertz CT molecular complexity index is 582. The lowest BCUT2D eigenvalue weighted by atomic mass is 10.1. The topological polar surface area (TPSA) is 68.3 Å². The SMILES string of the molecule is CCOC(=O)CN1CCN(c2cc(OC)cc(OC)c2)C(=O)[C@@H]1C. The van der Waals surface area contributed by atoms with Gasteiger partial charge >= 0.3 is 5.97 Å². The normalized spacial score (nSPS) is 18.4. The second-order valence-corrected chi connectivity index (χ2v) is 5.51. The summed E-state index contributed by atoms with van der Waals surface area (Å²) in [5, 5.41) is 0. The maximum Gasteiger partial charge on any atom is 0.320 e. The number of amides is 1. The van der Waals surface area contributed by atoms with Crippen molar-refractivity contribution < 1.29 is 23.8 Å². The standard InChI is InChI=1S/C17H24N2O5/c1-5-24-16(20)11-18-6-7-19(17(21)12(18)2)13-8-14(22-3)10-15(9-13)23-4/h8-10,12H,5-7,11H2,1-4H3/t12-/m0/s1. The molecule has 0 spiro atoms. The summed E-state index contributed by atoms with van der Waals surface area (Å²) < 4.78 is 15.5. The third-order valence-corrected chi connectivity index (χ3v) is 4.07. The van der Waals surface area contributed by atoms with Crippen molar-refractivity contribution in [3.05, 3.63) is 18.2 Å². The number of anilines is 1. The van der Waals surface area contributed by atoms with E-state index in [2.05, 4.69) is 0 Å². The number of hydrogen-bond acceptors (Lipinski definition) is 6. The predicted octanol–water partition coefficient (Wildman–Crippen LogP) is 1.30. The van der Waals surface area contributed by atoms with Crippen LogP contribution in [0.2, 0.25) is 0 Å². The van der Waals surface area contributed by atoms with Crippen LogP contribution in [0, 0.1) is 0 Å². The summed E-state index contributed by atoms with van der Waals surface area (Å²) >= 11 is 0. The summed E-state index contributed by atoms with van der Waals surface area (Å²) in [6, 6.07) is 4.96. The van der Waals surface area contributed by atoms with Crippen LogP contribution in [-0.4, -0.2) is 63.3 Å². The number of benzene rings is 1. The highest BCUT2D eigenvalue weighted by Crippen LogP contribution is 2.30. The molecule has 1 amide bonds. The molecule has 7 nitrogen and oxygen atoms in total. The van der Waals surface area contributed by atoms with Crippen molar-refractivity contribution in [2.45, 2.75) is 19.9 Å². The largest absolute Gasteiger partial charge is 0.497 e. The molecule has 1 atom stereocenters. The number of hydrogen-bond donors (Lipinski definition) is 0. The molecular weight excluding hydrogens is 312 g/mol. The molecule has 0 aromatic heterocycles. The molecule has 7 heteroatoms. The van der Waals surface area contributed by atoms with E-state index in [1.54, 1.807) is 51.2 Å². The molecule has 0 saturated carbocycles. The Morgan fingerprint density at radius 1 is 1.17 bits per heavy atom. The van der Waals surface area contributed by atoms with Crippen LogP contribution in [0.25, 0.3) is 0 Å². The Labute approximate surface area is 142 Å². The highest BCUT2D eigenvalue weighted by atomic mass is 16.5. The zero-order valence-electron chi connectivity index (χ0n) is 14.6. The maximum absolute atomic E-state index is 12.7. The first-order valence-corrected chi connectivity index (χ1v) is 7.94. The summed E-state index contributed by atoms with van der Waals surface area (Å²) in [6.45, 7) is 5.09. The predicted molar refractivity (Wildman–Crippen MR) is 89.6 cm³/mol. The van der Waals surface area contributed by atoms with E-state index in [0.717, 1.165) is 5.69 Å². The molecule has 24 heavy (non-hydrogen) atoms. The molecule has 2 rings (SSSR count). The van der Waals surface area contributed by atoms with Gasteiger partial charge in [-0.05, 0) is 13.8 Å². The van der Waals surface area contributed by atoms with Gasteiger partial charge in [0.2, 0.25) is 5.91 Å². The minimum Gasteiger partial charge on any atom is -0.497 e. The van der Waals surface area contributed by atoms with Gasteiger partial charge in [0.1, 0.15) is 11.5 Å². The summed E-state index contributed by atoms with van der Waals surface area (Å²) in [4.78, 5) is 27.9. The highest BCUT2D eigenvalue weighted by molar-refractivity contribution is 5.98. The average Bonchev–Trinajstić information content (AvgIpc) is 2.58. The van der Waals surface area contributed by atoms with Gasteiger partial charge in [-0.25, -0.2) is 0 Å². The molecule has 0 N–H and O–H groups in total. The fraction of sp³-hybridized carbons (Fsp3) is 0.529. The number of esters is 1. The fourth-order valence-corrected chi connectivity index (χ4v) is 2.71. The van der Waals surface area contributed by atoms with E-state index in [0.29, 0.717) is 31.2 Å². The summed E-state index contributed by atoms with van der Waals surface area (Å²) in [5.41, 5.74) is 0.721. The van der Waals surface area contributed by atoms with E-state index < -0.39 is 6.04 Å². The minimum atomic E-state index is -0.402. The summed E-state index contributed by atoms with van der Waals surface area (Å²) in [6.07, 6.45) is 0. The van der Waals surface area contributed by atoms with Gasteiger partial charge in [-0.1, -0.05) is 0 Å². The van der Waals surface area contributed by atoms with Crippen LogP contribution in [0.5, 0.6) is 11.5 Å². The Kier molecular flexibility index (Phi) is 6.03. The van der Waals surface area contributed by atoms with Crippen LogP contribution in [0.4, 0.5) is 5.69 Å². The van der Waals surface area contributed by atoms with Crippen LogP contribution in [0.1, 0.15) is 13.8 Å². The van der Waals surface area contributed by atoms with E-state index in [1.165, 1.54) is 0 Å². The number of methoxy groups -OCH3 is 2. The number of ether oxygens (including phenoxy) is 3. The minimum absolute atomic E-state index is 0.0687. The second-order valence-electron chi connectivity index (χ2n) is 5.51. The van der Waals surface area contributed by atoms with Gasteiger partial charge in [0, 0.05) is 31.3 Å². The first-order valence-electron chi connectivity index (χ1n) is 7.94. The van der Waals surface area contributed by atoms with Gasteiger partial charge in [0.05, 0.1) is 39.1 Å². The number of nitrogens with zero attached hydrogens (tertiary/aromatic N) is 2. The fourth-order valence-electron chi connectivity index (χ4n) is 2.71. The van der Waals surface area contributed by atoms with Crippen molar-refractivity contribution >= 4 is 17.6 Å². The Morgan fingerprint density at radius 3 is 2.33 bits per heavy atom. The van der Waals surface area contributed by atoms with Gasteiger partial charge in [0.25, 0.3) is 0 Å². The zero-order chi connectivity index (χ0) is 17.7. The van der Waals surface area contributed by atoms with Gasteiger partial charge in [-0.15, -0.1) is 0 Å². The molecule has 1 fully saturated rings. The van der Waals surface area contributed by atoms with Crippen LogP contribution in [-0.2, 0) is 14.3 Å². The second kappa shape index (κ2) is 8.01. The molecule has 1 aliphatic rings. The lowest BCUT2D eigenvalue weighted by Crippen LogP contribution is -2.57. The van der Waals surface area contributed by atoms with Gasteiger partial charge in [-0.2, -0.15) is 0 Å². The molecule has 0 aliphatic carbocycles. The van der Waals surface area contributed by atoms with Crippen LogP contribution >= 0.6 is 0 Å². The van der Waals surface area contributed by atoms with E-state index in [-0.39, 0.29) is 18.4 Å². The van der Waals surface area contributed by atoms with Gasteiger partial charge < -0.3 is 19.1 Å². The summed E-state index contributed by atoms with van der Waals surface area (Å²) in [5.74, 6) is 0.868. The van der Waals surface area contributed by atoms with Crippen LogP contribution < -0.4 is 14.4 Å². The molecule has 132 valence electrons. The molecule has 0 unspecified atom stereocenters. The van der Waals surface area contributed by atoms with Crippen LogP contribution in [0.3, 0.4) is 0 Å². The van der Waals surface area contributed by atoms with Gasteiger partial charge in [-0.3, -0.25) is 14.5 Å². The molecule has 0 radical (unpaired) electrons. The highest BCUT2D eigenvalue weighted by Gasteiger charge is 2.33. The van der Waals surface area contributed by atoms with E-state index in [1.807, 2.05) is 4.90 Å². The van der Waals surface area contributed by atoms with Crippen molar-refractivity contribution in [2.24, 2.45) is 0 Å². The van der Waals surface area contributed by atoms with Crippen molar-refractivity contribution in [1.29, 1.82) is 0 Å². The van der Waals surface area contributed by atoms with E-state index in [4.69, 9.17) is 14.2 Å². The smallest absolute Gasteiger partial charge is 0.320 e. The Morgan fingerprint density at radius 2 is 1.79 bits per heavy atom. The Hall–Kier alpha value is -2.28. The first kappa shape index (κ1) is 18.1. The third kappa shape index (κ3) is 3.97. The van der Waals surface area contributed by atoms with Crippen LogP contribution in [0.15, 0.2) is 18.2 Å². The molecule has 0 bridgehead atoms. The number of rotatable bonds is 6. The number of piperazine rings is 1. The molecule has 1 aromatic carbocycles. The van der Waals surface area contributed by atoms with E-state index in [9.17, 15) is 9.59 Å². The number of carbonyl (C=O) groups is 2. The van der Waals surface area contributed by atoms with Gasteiger partial charge in [0.15, 0.2) is 0 Å². The third-order valence-electron chi connectivity index (χ3n) is 4.07. The lowest BCUT2D eigenvalue weighted by molar-refractivity contribution is -0.145. The monoisotopic (exact) mass is 336 g/mol. The molecule has 1 aliphatic heterocycles. The van der Waals surface area contributed by atoms with E-state index >= 15 is 0 Å². The van der Waals surface area contributed by atoms with Crippen molar-refractivity contribution in [3.63, 3.8) is 0 Å².